The smallest absolute Gasteiger partial charge is 0.247 e. The third-order valence-electron chi connectivity index (χ3n) is 4.15. The van der Waals surface area contributed by atoms with Crippen LogP contribution in [-0.4, -0.2) is 23.3 Å². The van der Waals surface area contributed by atoms with Crippen molar-refractivity contribution in [3.63, 3.8) is 0 Å². The molecule has 0 spiro atoms. The van der Waals surface area contributed by atoms with Gasteiger partial charge in [-0.1, -0.05) is 24.3 Å². The summed E-state index contributed by atoms with van der Waals surface area (Å²) in [4.78, 5) is 26.6. The minimum Gasteiger partial charge on any atom is -0.465 e. The first-order valence-corrected chi connectivity index (χ1v) is 7.80. The van der Waals surface area contributed by atoms with Crippen molar-refractivity contribution in [2.75, 3.05) is 6.54 Å². The lowest BCUT2D eigenvalue weighted by molar-refractivity contribution is -0.141. The first kappa shape index (κ1) is 15.3. The lowest BCUT2D eigenvalue weighted by Gasteiger charge is -2.35. The number of carbonyl (C=O) groups excluding carboxylic acids is 2. The van der Waals surface area contributed by atoms with Gasteiger partial charge in [-0.3, -0.25) is 9.59 Å². The van der Waals surface area contributed by atoms with Gasteiger partial charge >= 0.3 is 0 Å². The summed E-state index contributed by atoms with van der Waals surface area (Å²) < 4.78 is 5.47. The zero-order valence-electron chi connectivity index (χ0n) is 13.3. The zero-order chi connectivity index (χ0) is 16.4. The van der Waals surface area contributed by atoms with E-state index in [0.717, 1.165) is 16.9 Å². The van der Waals surface area contributed by atoms with Gasteiger partial charge in [0.2, 0.25) is 11.8 Å². The number of aryl methyl sites for hydroxylation is 1. The van der Waals surface area contributed by atoms with Crippen molar-refractivity contribution in [3.05, 3.63) is 59.0 Å². The van der Waals surface area contributed by atoms with Crippen LogP contribution in [0.2, 0.25) is 0 Å². The summed E-state index contributed by atoms with van der Waals surface area (Å²) >= 11 is 0. The van der Waals surface area contributed by atoms with Gasteiger partial charge in [-0.05, 0) is 37.1 Å². The highest BCUT2D eigenvalue weighted by Crippen LogP contribution is 2.30. The minimum atomic E-state index is -0.575. The molecule has 1 N–H and O–H groups in total. The van der Waals surface area contributed by atoms with Crippen molar-refractivity contribution in [2.45, 2.75) is 32.9 Å². The Morgan fingerprint density at radius 1 is 1.30 bits per heavy atom. The van der Waals surface area contributed by atoms with Crippen molar-refractivity contribution in [1.82, 2.24) is 10.2 Å². The SMILES string of the molecule is CCN1C(=O)Cc2ccccc2C1C(=O)NCc1ccc(C)o1. The second-order valence-corrected chi connectivity index (χ2v) is 5.69. The molecule has 0 fully saturated rings. The van der Waals surface area contributed by atoms with E-state index in [4.69, 9.17) is 4.42 Å². The molecule has 2 heterocycles. The van der Waals surface area contributed by atoms with E-state index < -0.39 is 6.04 Å². The summed E-state index contributed by atoms with van der Waals surface area (Å²) in [5.41, 5.74) is 1.83. The molecule has 0 saturated carbocycles. The molecular formula is C18H20N2O3. The molecule has 1 atom stereocenters. The monoisotopic (exact) mass is 312 g/mol. The quantitative estimate of drug-likeness (QED) is 0.942. The van der Waals surface area contributed by atoms with Crippen LogP contribution in [0, 0.1) is 6.92 Å². The number of nitrogens with zero attached hydrogens (tertiary/aromatic N) is 1. The summed E-state index contributed by atoms with van der Waals surface area (Å²) in [6.07, 6.45) is 0.352. The van der Waals surface area contributed by atoms with E-state index in [-0.39, 0.29) is 11.8 Å². The molecule has 0 radical (unpaired) electrons. The molecule has 3 rings (SSSR count). The van der Waals surface area contributed by atoms with Crippen LogP contribution in [-0.2, 0) is 22.6 Å². The summed E-state index contributed by atoms with van der Waals surface area (Å²) in [6.45, 7) is 4.57. The standard InChI is InChI=1S/C18H20N2O3/c1-3-20-16(21)10-13-6-4-5-7-15(13)17(20)18(22)19-11-14-9-8-12(2)23-14/h4-9,17H,3,10-11H2,1-2H3,(H,19,22). The fraction of sp³-hybridized carbons (Fsp3) is 0.333. The molecule has 0 aliphatic carbocycles. The molecule has 120 valence electrons. The van der Waals surface area contributed by atoms with Crippen LogP contribution < -0.4 is 5.32 Å². The van der Waals surface area contributed by atoms with E-state index >= 15 is 0 Å². The first-order chi connectivity index (χ1) is 11.1. The number of rotatable bonds is 4. The number of amides is 2. The van der Waals surface area contributed by atoms with Crippen LogP contribution in [0.1, 0.15) is 35.6 Å². The Balaban J connectivity index is 1.83. The van der Waals surface area contributed by atoms with Gasteiger partial charge in [0, 0.05) is 6.54 Å². The Labute approximate surface area is 135 Å². The van der Waals surface area contributed by atoms with Gasteiger partial charge in [-0.15, -0.1) is 0 Å². The second kappa shape index (κ2) is 6.28. The molecule has 23 heavy (non-hydrogen) atoms. The van der Waals surface area contributed by atoms with E-state index in [9.17, 15) is 9.59 Å². The van der Waals surface area contributed by atoms with Gasteiger partial charge < -0.3 is 14.6 Å². The lowest BCUT2D eigenvalue weighted by atomic mass is 9.91. The number of hydrogen-bond donors (Lipinski definition) is 1. The van der Waals surface area contributed by atoms with Gasteiger partial charge in [-0.2, -0.15) is 0 Å². The maximum Gasteiger partial charge on any atom is 0.247 e. The van der Waals surface area contributed by atoms with Crippen molar-refractivity contribution >= 4 is 11.8 Å². The Hall–Kier alpha value is -2.56. The number of fused-ring (bicyclic) bond motifs is 1. The summed E-state index contributed by atoms with van der Waals surface area (Å²) in [5.74, 6) is 1.32. The summed E-state index contributed by atoms with van der Waals surface area (Å²) in [7, 11) is 0. The van der Waals surface area contributed by atoms with Crippen molar-refractivity contribution < 1.29 is 14.0 Å². The van der Waals surface area contributed by atoms with Crippen molar-refractivity contribution in [2.24, 2.45) is 0 Å². The largest absolute Gasteiger partial charge is 0.465 e. The molecule has 1 aliphatic heterocycles. The number of carbonyl (C=O) groups is 2. The number of likely N-dealkylation sites (N-methyl/N-ethyl adjacent to an activating group) is 1. The third kappa shape index (κ3) is 2.99. The maximum atomic E-state index is 12.7. The fourth-order valence-electron chi connectivity index (χ4n) is 3.03. The van der Waals surface area contributed by atoms with E-state index in [0.29, 0.717) is 25.3 Å². The third-order valence-corrected chi connectivity index (χ3v) is 4.15. The van der Waals surface area contributed by atoms with Crippen LogP contribution >= 0.6 is 0 Å². The highest BCUT2D eigenvalue weighted by Gasteiger charge is 2.35. The number of nitrogens with one attached hydrogen (secondary N) is 1. The minimum absolute atomic E-state index is 0.0137. The Morgan fingerprint density at radius 3 is 2.78 bits per heavy atom. The van der Waals surface area contributed by atoms with E-state index in [2.05, 4.69) is 5.32 Å². The van der Waals surface area contributed by atoms with Gasteiger partial charge in [0.1, 0.15) is 17.6 Å². The average Bonchev–Trinajstić information content (AvgIpc) is 2.96. The molecule has 1 aliphatic rings. The molecular weight excluding hydrogens is 292 g/mol. The highest BCUT2D eigenvalue weighted by molar-refractivity contribution is 5.92. The lowest BCUT2D eigenvalue weighted by Crippen LogP contribution is -2.47. The summed E-state index contributed by atoms with van der Waals surface area (Å²) in [5, 5.41) is 2.88. The Morgan fingerprint density at radius 2 is 2.09 bits per heavy atom. The first-order valence-electron chi connectivity index (χ1n) is 7.80. The van der Waals surface area contributed by atoms with E-state index in [1.807, 2.05) is 50.2 Å². The van der Waals surface area contributed by atoms with Crippen LogP contribution in [0.5, 0.6) is 0 Å². The van der Waals surface area contributed by atoms with Gasteiger partial charge in [0.05, 0.1) is 13.0 Å². The number of benzene rings is 1. The number of hydrogen-bond acceptors (Lipinski definition) is 3. The molecule has 1 aromatic carbocycles. The normalized spacial score (nSPS) is 17.0. The molecule has 1 unspecified atom stereocenters. The van der Waals surface area contributed by atoms with E-state index in [1.165, 1.54) is 0 Å². The predicted molar refractivity (Wildman–Crippen MR) is 85.6 cm³/mol. The zero-order valence-corrected chi connectivity index (χ0v) is 13.3. The van der Waals surface area contributed by atoms with Crippen LogP contribution in [0.25, 0.3) is 0 Å². The van der Waals surface area contributed by atoms with Crippen LogP contribution in [0.15, 0.2) is 40.8 Å². The van der Waals surface area contributed by atoms with E-state index in [1.54, 1.807) is 4.90 Å². The Kier molecular flexibility index (Phi) is 4.19. The van der Waals surface area contributed by atoms with Crippen LogP contribution in [0.3, 0.4) is 0 Å². The van der Waals surface area contributed by atoms with Gasteiger partial charge in [-0.25, -0.2) is 0 Å². The van der Waals surface area contributed by atoms with Gasteiger partial charge in [0.15, 0.2) is 0 Å². The highest BCUT2D eigenvalue weighted by atomic mass is 16.3. The molecule has 5 nitrogen and oxygen atoms in total. The number of furan rings is 1. The van der Waals surface area contributed by atoms with Crippen molar-refractivity contribution in [3.8, 4) is 0 Å². The second-order valence-electron chi connectivity index (χ2n) is 5.69. The van der Waals surface area contributed by atoms with Crippen molar-refractivity contribution in [1.29, 1.82) is 0 Å². The van der Waals surface area contributed by atoms with Gasteiger partial charge in [0.25, 0.3) is 0 Å². The summed E-state index contributed by atoms with van der Waals surface area (Å²) in [6, 6.07) is 10.8. The van der Waals surface area contributed by atoms with Crippen LogP contribution in [0.4, 0.5) is 0 Å². The molecule has 0 bridgehead atoms. The molecule has 1 aromatic heterocycles. The fourth-order valence-corrected chi connectivity index (χ4v) is 3.03. The average molecular weight is 312 g/mol. The maximum absolute atomic E-state index is 12.7. The molecule has 5 heteroatoms. The Bertz CT molecular complexity index is 735. The molecule has 2 aromatic rings. The molecule has 0 saturated heterocycles. The molecule has 2 amide bonds. The predicted octanol–water partition coefficient (Wildman–Crippen LogP) is 2.35. The topological polar surface area (TPSA) is 62.6 Å².